The van der Waals surface area contributed by atoms with Crippen LogP contribution in [0.15, 0.2) is 36.4 Å². The van der Waals surface area contributed by atoms with Gasteiger partial charge in [0.2, 0.25) is 5.91 Å². The van der Waals surface area contributed by atoms with Crippen molar-refractivity contribution in [3.05, 3.63) is 46.8 Å². The average molecular weight is 284 g/mol. The van der Waals surface area contributed by atoms with Crippen molar-refractivity contribution in [2.24, 2.45) is 0 Å². The van der Waals surface area contributed by atoms with Crippen molar-refractivity contribution in [3.8, 4) is 12.3 Å². The van der Waals surface area contributed by atoms with E-state index in [1.54, 1.807) is 36.4 Å². The fourth-order valence-electron chi connectivity index (χ4n) is 1.58. The van der Waals surface area contributed by atoms with Gasteiger partial charge in [0.05, 0.1) is 9.88 Å². The van der Waals surface area contributed by atoms with Crippen LogP contribution in [0.5, 0.6) is 0 Å². The molecule has 1 heterocycles. The Morgan fingerprint density at radius 3 is 2.70 bits per heavy atom. The summed E-state index contributed by atoms with van der Waals surface area (Å²) in [4.78, 5) is 23.5. The second-order valence-electron chi connectivity index (χ2n) is 4.02. The van der Waals surface area contributed by atoms with Crippen molar-refractivity contribution in [2.45, 2.75) is 6.92 Å². The van der Waals surface area contributed by atoms with Gasteiger partial charge in [-0.2, -0.15) is 0 Å². The number of benzene rings is 1. The molecule has 1 aromatic heterocycles. The van der Waals surface area contributed by atoms with E-state index in [1.807, 2.05) is 0 Å². The third-order valence-electron chi connectivity index (χ3n) is 2.42. The largest absolute Gasteiger partial charge is 0.321 e. The van der Waals surface area contributed by atoms with E-state index in [-0.39, 0.29) is 11.8 Å². The standard InChI is InChI=1S/C15H12N2O2S/c1-3-11-5-4-6-12(9-11)17-15(19)13-7-8-14(20-13)16-10(2)18/h1,4-9H,2H3,(H,16,18)(H,17,19). The van der Waals surface area contributed by atoms with Crippen LogP contribution >= 0.6 is 11.3 Å². The van der Waals surface area contributed by atoms with E-state index in [0.29, 0.717) is 21.1 Å². The zero-order chi connectivity index (χ0) is 14.5. The van der Waals surface area contributed by atoms with Gasteiger partial charge < -0.3 is 10.6 Å². The summed E-state index contributed by atoms with van der Waals surface area (Å²) in [6.45, 7) is 1.42. The lowest BCUT2D eigenvalue weighted by atomic mass is 10.2. The lowest BCUT2D eigenvalue weighted by Crippen LogP contribution is -2.10. The van der Waals surface area contributed by atoms with Crippen LogP contribution in [0.4, 0.5) is 10.7 Å². The minimum Gasteiger partial charge on any atom is -0.321 e. The molecule has 20 heavy (non-hydrogen) atoms. The van der Waals surface area contributed by atoms with E-state index in [1.165, 1.54) is 18.3 Å². The SMILES string of the molecule is C#Cc1cccc(NC(=O)c2ccc(NC(C)=O)s2)c1. The first-order valence-corrected chi connectivity index (χ1v) is 6.65. The maximum absolute atomic E-state index is 12.0. The lowest BCUT2D eigenvalue weighted by Gasteiger charge is -2.03. The molecule has 2 rings (SSSR count). The maximum atomic E-state index is 12.0. The second-order valence-corrected chi connectivity index (χ2v) is 5.11. The zero-order valence-electron chi connectivity index (χ0n) is 10.8. The number of carbonyl (C=O) groups is 2. The van der Waals surface area contributed by atoms with Crippen LogP contribution in [-0.2, 0) is 4.79 Å². The first-order valence-electron chi connectivity index (χ1n) is 5.84. The molecule has 0 fully saturated rings. The van der Waals surface area contributed by atoms with Gasteiger partial charge in [-0.3, -0.25) is 9.59 Å². The molecule has 2 N–H and O–H groups in total. The van der Waals surface area contributed by atoms with Gasteiger partial charge in [0.1, 0.15) is 0 Å². The van der Waals surface area contributed by atoms with E-state index < -0.39 is 0 Å². The molecule has 0 bridgehead atoms. The number of thiophene rings is 1. The number of carbonyl (C=O) groups excluding carboxylic acids is 2. The quantitative estimate of drug-likeness (QED) is 0.851. The minimum atomic E-state index is -0.235. The Morgan fingerprint density at radius 1 is 1.20 bits per heavy atom. The second kappa shape index (κ2) is 6.04. The molecule has 5 heteroatoms. The molecule has 0 radical (unpaired) electrons. The summed E-state index contributed by atoms with van der Waals surface area (Å²) in [5, 5.41) is 6.04. The Morgan fingerprint density at radius 2 is 2.00 bits per heavy atom. The average Bonchev–Trinajstić information content (AvgIpc) is 2.86. The summed E-state index contributed by atoms with van der Waals surface area (Å²) in [6, 6.07) is 10.4. The van der Waals surface area contributed by atoms with Gasteiger partial charge in [-0.05, 0) is 30.3 Å². The van der Waals surface area contributed by atoms with Gasteiger partial charge in [-0.25, -0.2) is 0 Å². The van der Waals surface area contributed by atoms with Gasteiger partial charge in [0.15, 0.2) is 0 Å². The molecule has 0 unspecified atom stereocenters. The molecule has 0 aliphatic heterocycles. The number of nitrogens with one attached hydrogen (secondary N) is 2. The number of anilines is 2. The predicted octanol–water partition coefficient (Wildman–Crippen LogP) is 2.94. The monoisotopic (exact) mass is 284 g/mol. The van der Waals surface area contributed by atoms with Crippen LogP contribution in [0.25, 0.3) is 0 Å². The first-order chi connectivity index (χ1) is 9.58. The molecule has 2 amide bonds. The number of terminal acetylenes is 1. The number of rotatable bonds is 3. The number of amides is 2. The number of hydrogen-bond acceptors (Lipinski definition) is 3. The van der Waals surface area contributed by atoms with Gasteiger partial charge in [-0.1, -0.05) is 12.0 Å². The maximum Gasteiger partial charge on any atom is 0.265 e. The smallest absolute Gasteiger partial charge is 0.265 e. The van der Waals surface area contributed by atoms with E-state index >= 15 is 0 Å². The van der Waals surface area contributed by atoms with Crippen LogP contribution in [-0.4, -0.2) is 11.8 Å². The van der Waals surface area contributed by atoms with E-state index in [2.05, 4.69) is 16.6 Å². The molecule has 0 aliphatic rings. The Balaban J connectivity index is 2.10. The molecule has 4 nitrogen and oxygen atoms in total. The lowest BCUT2D eigenvalue weighted by molar-refractivity contribution is -0.114. The van der Waals surface area contributed by atoms with Crippen molar-refractivity contribution in [2.75, 3.05) is 10.6 Å². The summed E-state index contributed by atoms with van der Waals surface area (Å²) in [7, 11) is 0. The van der Waals surface area contributed by atoms with E-state index in [0.717, 1.165) is 0 Å². The highest BCUT2D eigenvalue weighted by Crippen LogP contribution is 2.23. The number of hydrogen-bond donors (Lipinski definition) is 2. The summed E-state index contributed by atoms with van der Waals surface area (Å²) in [5.41, 5.74) is 1.34. The topological polar surface area (TPSA) is 58.2 Å². The summed E-state index contributed by atoms with van der Waals surface area (Å²) in [5.74, 6) is 2.11. The van der Waals surface area contributed by atoms with Crippen molar-refractivity contribution >= 4 is 33.8 Å². The Labute approximate surface area is 120 Å². The Hall–Kier alpha value is -2.58. The van der Waals surface area contributed by atoms with E-state index in [4.69, 9.17) is 6.42 Å². The highest BCUT2D eigenvalue weighted by Gasteiger charge is 2.10. The molecule has 0 saturated heterocycles. The first kappa shape index (κ1) is 13.8. The van der Waals surface area contributed by atoms with Crippen LogP contribution in [0.2, 0.25) is 0 Å². The molecule has 0 saturated carbocycles. The molecule has 0 spiro atoms. The van der Waals surface area contributed by atoms with E-state index in [9.17, 15) is 9.59 Å². The minimum absolute atomic E-state index is 0.166. The zero-order valence-corrected chi connectivity index (χ0v) is 11.6. The van der Waals surface area contributed by atoms with Crippen LogP contribution in [0.3, 0.4) is 0 Å². The highest BCUT2D eigenvalue weighted by molar-refractivity contribution is 7.18. The van der Waals surface area contributed by atoms with Crippen LogP contribution < -0.4 is 10.6 Å². The van der Waals surface area contributed by atoms with Crippen LogP contribution in [0.1, 0.15) is 22.2 Å². The molecule has 100 valence electrons. The molecule has 1 aromatic carbocycles. The molecular weight excluding hydrogens is 272 g/mol. The third-order valence-corrected chi connectivity index (χ3v) is 3.42. The fraction of sp³-hybridized carbons (Fsp3) is 0.0667. The normalized spacial score (nSPS) is 9.60. The van der Waals surface area contributed by atoms with Gasteiger partial charge in [0.25, 0.3) is 5.91 Å². The summed E-state index contributed by atoms with van der Waals surface area (Å²) >= 11 is 1.21. The molecular formula is C15H12N2O2S. The molecule has 0 atom stereocenters. The van der Waals surface area contributed by atoms with Crippen molar-refractivity contribution in [1.82, 2.24) is 0 Å². The fourth-order valence-corrected chi connectivity index (χ4v) is 2.43. The van der Waals surface area contributed by atoms with Crippen molar-refractivity contribution < 1.29 is 9.59 Å². The summed E-state index contributed by atoms with van der Waals surface area (Å²) < 4.78 is 0. The Kier molecular flexibility index (Phi) is 4.18. The Bertz CT molecular complexity index is 698. The van der Waals surface area contributed by atoms with Gasteiger partial charge in [-0.15, -0.1) is 17.8 Å². The van der Waals surface area contributed by atoms with Crippen molar-refractivity contribution in [1.29, 1.82) is 0 Å². The van der Waals surface area contributed by atoms with Crippen molar-refractivity contribution in [3.63, 3.8) is 0 Å². The highest BCUT2D eigenvalue weighted by atomic mass is 32.1. The molecule has 2 aromatic rings. The van der Waals surface area contributed by atoms with Crippen LogP contribution in [0, 0.1) is 12.3 Å². The van der Waals surface area contributed by atoms with Gasteiger partial charge >= 0.3 is 0 Å². The molecule has 0 aliphatic carbocycles. The van der Waals surface area contributed by atoms with Gasteiger partial charge in [0, 0.05) is 18.2 Å². The third kappa shape index (κ3) is 3.46. The summed E-state index contributed by atoms with van der Waals surface area (Å²) in [6.07, 6.45) is 5.31. The predicted molar refractivity (Wildman–Crippen MR) is 81.0 cm³/mol.